The normalized spacial score (nSPS) is 26.6. The number of hydrogen-bond donors (Lipinski definition) is 1. The van der Waals surface area contributed by atoms with Gasteiger partial charge in [-0.15, -0.1) is 11.3 Å². The van der Waals surface area contributed by atoms with E-state index in [9.17, 15) is 4.79 Å². The van der Waals surface area contributed by atoms with Crippen molar-refractivity contribution in [3.05, 3.63) is 11.6 Å². The number of hydrogen-bond acceptors (Lipinski definition) is 4. The average molecular weight is 229 g/mol. The number of carbonyl (C=O) groups is 1. The molecular weight excluding hydrogens is 218 g/mol. The predicted molar refractivity (Wildman–Crippen MR) is 56.7 cm³/mol. The summed E-state index contributed by atoms with van der Waals surface area (Å²) in [6, 6.07) is 0. The van der Waals surface area contributed by atoms with Gasteiger partial charge in [0.25, 0.3) is 0 Å². The molecule has 0 aliphatic heterocycles. The smallest absolute Gasteiger partial charge is 0.307 e. The zero-order chi connectivity index (χ0) is 9.97. The van der Waals surface area contributed by atoms with Crippen molar-refractivity contribution < 1.29 is 9.90 Å². The molecule has 1 fully saturated rings. The van der Waals surface area contributed by atoms with Crippen molar-refractivity contribution in [1.82, 2.24) is 4.98 Å². The molecule has 0 saturated heterocycles. The second-order valence-electron chi connectivity index (χ2n) is 3.33. The molecule has 1 aliphatic carbocycles. The molecule has 2 atom stereocenters. The summed E-state index contributed by atoms with van der Waals surface area (Å²) in [6.45, 7) is 0. The number of aromatic nitrogens is 1. The number of aliphatic carboxylic acids is 1. The van der Waals surface area contributed by atoms with Crippen LogP contribution in [0, 0.1) is 5.92 Å². The Morgan fingerprint density at radius 1 is 1.64 bits per heavy atom. The van der Waals surface area contributed by atoms with Crippen LogP contribution in [0.3, 0.4) is 0 Å². The van der Waals surface area contributed by atoms with Crippen LogP contribution in [0.4, 0.5) is 0 Å². The Hall–Kier alpha value is -0.550. The van der Waals surface area contributed by atoms with Gasteiger partial charge in [-0.1, -0.05) is 18.2 Å². The van der Waals surface area contributed by atoms with Crippen LogP contribution in [-0.2, 0) is 4.79 Å². The molecule has 2 unspecified atom stereocenters. The molecule has 0 aromatic carbocycles. The summed E-state index contributed by atoms with van der Waals surface area (Å²) < 4.78 is 0.989. The number of carboxylic acid groups (broad SMARTS) is 1. The molecule has 1 aliphatic rings. The van der Waals surface area contributed by atoms with Crippen molar-refractivity contribution in [3.63, 3.8) is 0 Å². The highest BCUT2D eigenvalue weighted by Gasteiger charge is 2.33. The van der Waals surface area contributed by atoms with E-state index in [1.807, 2.05) is 5.38 Å². The van der Waals surface area contributed by atoms with E-state index in [1.54, 1.807) is 29.3 Å². The molecule has 0 amide bonds. The summed E-state index contributed by atoms with van der Waals surface area (Å²) in [5.41, 5.74) is 0. The zero-order valence-electron chi connectivity index (χ0n) is 7.55. The minimum atomic E-state index is -0.656. The topological polar surface area (TPSA) is 50.2 Å². The largest absolute Gasteiger partial charge is 0.481 e. The second-order valence-corrected chi connectivity index (χ2v) is 5.71. The lowest BCUT2D eigenvalue weighted by molar-refractivity contribution is -0.141. The average Bonchev–Trinajstić information content (AvgIpc) is 2.75. The molecule has 1 saturated carbocycles. The first kappa shape index (κ1) is 9.98. The first-order valence-corrected chi connectivity index (χ1v) is 6.32. The van der Waals surface area contributed by atoms with Crippen LogP contribution in [0.25, 0.3) is 0 Å². The van der Waals surface area contributed by atoms with Gasteiger partial charge in [0, 0.05) is 16.8 Å². The molecule has 0 bridgehead atoms. The van der Waals surface area contributed by atoms with E-state index < -0.39 is 5.97 Å². The number of thiazole rings is 1. The first-order chi connectivity index (χ1) is 6.77. The fraction of sp³-hybridized carbons (Fsp3) is 0.556. The van der Waals surface area contributed by atoms with Crippen LogP contribution in [0.15, 0.2) is 15.9 Å². The van der Waals surface area contributed by atoms with Gasteiger partial charge in [0.05, 0.1) is 5.92 Å². The molecule has 0 radical (unpaired) electrons. The fourth-order valence-electron chi connectivity index (χ4n) is 1.75. The van der Waals surface area contributed by atoms with E-state index in [2.05, 4.69) is 4.98 Å². The molecule has 14 heavy (non-hydrogen) atoms. The highest BCUT2D eigenvalue weighted by Crippen LogP contribution is 2.39. The maximum absolute atomic E-state index is 10.9. The third-order valence-electron chi connectivity index (χ3n) is 2.43. The van der Waals surface area contributed by atoms with Gasteiger partial charge in [-0.25, -0.2) is 4.98 Å². The number of rotatable bonds is 3. The van der Waals surface area contributed by atoms with Crippen LogP contribution in [0.1, 0.15) is 19.3 Å². The van der Waals surface area contributed by atoms with Crippen molar-refractivity contribution in [3.8, 4) is 0 Å². The van der Waals surface area contributed by atoms with Gasteiger partial charge in [-0.2, -0.15) is 0 Å². The lowest BCUT2D eigenvalue weighted by Gasteiger charge is -2.12. The Morgan fingerprint density at radius 2 is 2.50 bits per heavy atom. The van der Waals surface area contributed by atoms with Gasteiger partial charge in [-0.3, -0.25) is 4.79 Å². The Labute approximate surface area is 90.6 Å². The van der Waals surface area contributed by atoms with Gasteiger partial charge < -0.3 is 5.11 Å². The van der Waals surface area contributed by atoms with Crippen LogP contribution >= 0.6 is 23.1 Å². The first-order valence-electron chi connectivity index (χ1n) is 4.56. The number of thioether (sulfide) groups is 1. The van der Waals surface area contributed by atoms with Gasteiger partial charge in [0.2, 0.25) is 0 Å². The Balaban J connectivity index is 2.00. The van der Waals surface area contributed by atoms with Crippen LogP contribution in [0.5, 0.6) is 0 Å². The predicted octanol–water partition coefficient (Wildman–Crippen LogP) is 2.49. The van der Waals surface area contributed by atoms with Gasteiger partial charge in [0.15, 0.2) is 0 Å². The minimum absolute atomic E-state index is 0.177. The fourth-order valence-corrected chi connectivity index (χ4v) is 3.95. The molecule has 5 heteroatoms. The Bertz CT molecular complexity index is 313. The standard InChI is InChI=1S/C9H11NO2S2/c11-8(12)6-2-1-3-7(6)14-9-10-4-5-13-9/h4-7H,1-3H2,(H,11,12). The van der Waals surface area contributed by atoms with E-state index in [-0.39, 0.29) is 11.2 Å². The molecule has 2 rings (SSSR count). The molecule has 0 spiro atoms. The summed E-state index contributed by atoms with van der Waals surface area (Å²) in [6.07, 6.45) is 4.61. The third-order valence-corrected chi connectivity index (χ3v) is 4.75. The van der Waals surface area contributed by atoms with E-state index in [0.29, 0.717) is 0 Å². The van der Waals surface area contributed by atoms with E-state index in [4.69, 9.17) is 5.11 Å². The maximum atomic E-state index is 10.9. The molecule has 1 aromatic rings. The Kier molecular flexibility index (Phi) is 3.08. The maximum Gasteiger partial charge on any atom is 0.307 e. The SMILES string of the molecule is O=C(O)C1CCCC1Sc1nccs1. The highest BCUT2D eigenvalue weighted by molar-refractivity contribution is 8.01. The van der Waals surface area contributed by atoms with Crippen LogP contribution in [0.2, 0.25) is 0 Å². The highest BCUT2D eigenvalue weighted by atomic mass is 32.2. The van der Waals surface area contributed by atoms with E-state index in [1.165, 1.54) is 0 Å². The molecule has 3 nitrogen and oxygen atoms in total. The van der Waals surface area contributed by atoms with Crippen molar-refractivity contribution >= 4 is 29.1 Å². The summed E-state index contributed by atoms with van der Waals surface area (Å²) in [4.78, 5) is 15.1. The molecule has 1 N–H and O–H groups in total. The third kappa shape index (κ3) is 2.09. The summed E-state index contributed by atoms with van der Waals surface area (Å²) >= 11 is 3.20. The van der Waals surface area contributed by atoms with Crippen molar-refractivity contribution in [2.75, 3.05) is 0 Å². The lowest BCUT2D eigenvalue weighted by Crippen LogP contribution is -2.19. The van der Waals surface area contributed by atoms with Gasteiger partial charge in [-0.05, 0) is 12.8 Å². The second kappa shape index (κ2) is 4.31. The number of nitrogens with zero attached hydrogens (tertiary/aromatic N) is 1. The molecule has 1 aromatic heterocycles. The minimum Gasteiger partial charge on any atom is -0.481 e. The van der Waals surface area contributed by atoms with Crippen molar-refractivity contribution in [2.45, 2.75) is 28.9 Å². The lowest BCUT2D eigenvalue weighted by atomic mass is 10.1. The van der Waals surface area contributed by atoms with Crippen molar-refractivity contribution in [1.29, 1.82) is 0 Å². The van der Waals surface area contributed by atoms with Gasteiger partial charge in [0.1, 0.15) is 4.34 Å². The molecule has 1 heterocycles. The van der Waals surface area contributed by atoms with E-state index >= 15 is 0 Å². The van der Waals surface area contributed by atoms with E-state index in [0.717, 1.165) is 23.6 Å². The Morgan fingerprint density at radius 3 is 3.14 bits per heavy atom. The summed E-state index contributed by atoms with van der Waals surface area (Å²) in [5, 5.41) is 11.1. The van der Waals surface area contributed by atoms with Crippen LogP contribution in [-0.4, -0.2) is 21.3 Å². The molecule has 76 valence electrons. The van der Waals surface area contributed by atoms with Gasteiger partial charge >= 0.3 is 5.97 Å². The van der Waals surface area contributed by atoms with Crippen molar-refractivity contribution in [2.24, 2.45) is 5.92 Å². The van der Waals surface area contributed by atoms with Crippen LogP contribution < -0.4 is 0 Å². The monoisotopic (exact) mass is 229 g/mol. The number of carboxylic acids is 1. The zero-order valence-corrected chi connectivity index (χ0v) is 9.18. The summed E-state index contributed by atoms with van der Waals surface area (Å²) in [5.74, 6) is -0.833. The molecular formula is C9H11NO2S2. The summed E-state index contributed by atoms with van der Waals surface area (Å²) in [7, 11) is 0. The quantitative estimate of drug-likeness (QED) is 0.865.